The number of hydrogen-bond donors (Lipinski definition) is 2. The number of hydrogen-bond acceptors (Lipinski definition) is 4. The van der Waals surface area contributed by atoms with Gasteiger partial charge in [0.2, 0.25) is 0 Å². The fraction of sp³-hybridized carbons (Fsp3) is 0.100. The highest BCUT2D eigenvalue weighted by Crippen LogP contribution is 2.30. The van der Waals surface area contributed by atoms with Gasteiger partial charge >= 0.3 is 0 Å². The van der Waals surface area contributed by atoms with Crippen molar-refractivity contribution >= 4 is 28.9 Å². The van der Waals surface area contributed by atoms with E-state index in [4.69, 9.17) is 16.3 Å². The number of carbonyl (C=O) groups is 1. The molecule has 0 unspecified atom stereocenters. The first kappa shape index (κ1) is 18.7. The van der Waals surface area contributed by atoms with Crippen LogP contribution in [0, 0.1) is 5.82 Å². The summed E-state index contributed by atoms with van der Waals surface area (Å²) in [7, 11) is 1.57. The van der Waals surface area contributed by atoms with Crippen LogP contribution < -0.4 is 15.4 Å². The van der Waals surface area contributed by atoms with Crippen LogP contribution in [-0.4, -0.2) is 18.0 Å². The number of benzene rings is 2. The van der Waals surface area contributed by atoms with Gasteiger partial charge in [0.25, 0.3) is 5.91 Å². The third-order valence-corrected chi connectivity index (χ3v) is 4.07. The third-order valence-electron chi connectivity index (χ3n) is 3.83. The van der Waals surface area contributed by atoms with Gasteiger partial charge in [0.15, 0.2) is 0 Å². The van der Waals surface area contributed by atoms with E-state index >= 15 is 0 Å². The number of aromatic nitrogens is 1. The number of ether oxygens (including phenoxy) is 1. The van der Waals surface area contributed by atoms with Gasteiger partial charge < -0.3 is 15.4 Å². The summed E-state index contributed by atoms with van der Waals surface area (Å²) in [5.74, 6) is -0.114. The van der Waals surface area contributed by atoms with E-state index in [9.17, 15) is 9.18 Å². The summed E-state index contributed by atoms with van der Waals surface area (Å²) in [6.45, 7) is 0.0902. The number of halogens is 2. The van der Waals surface area contributed by atoms with Gasteiger partial charge in [0.1, 0.15) is 17.3 Å². The summed E-state index contributed by atoms with van der Waals surface area (Å²) >= 11 is 6.01. The molecule has 1 heterocycles. The topological polar surface area (TPSA) is 63.2 Å². The van der Waals surface area contributed by atoms with Crippen LogP contribution in [0.5, 0.6) is 5.75 Å². The summed E-state index contributed by atoms with van der Waals surface area (Å²) in [4.78, 5) is 16.3. The molecule has 0 bridgehead atoms. The largest absolute Gasteiger partial charge is 0.495 e. The number of carbonyl (C=O) groups excluding carboxylic acids is 1. The summed E-state index contributed by atoms with van der Waals surface area (Å²) in [5.41, 5.74) is 2.00. The van der Waals surface area contributed by atoms with Crippen molar-refractivity contribution in [1.29, 1.82) is 0 Å². The predicted octanol–water partition coefficient (Wildman–Crippen LogP) is 4.56. The average molecular weight is 386 g/mol. The van der Waals surface area contributed by atoms with E-state index < -0.39 is 0 Å². The van der Waals surface area contributed by atoms with Gasteiger partial charge in [-0.05, 0) is 36.4 Å². The van der Waals surface area contributed by atoms with E-state index in [1.54, 1.807) is 55.6 Å². The first-order chi connectivity index (χ1) is 13.1. The van der Waals surface area contributed by atoms with Gasteiger partial charge in [0, 0.05) is 17.1 Å². The Morgan fingerprint density at radius 2 is 2.00 bits per heavy atom. The molecule has 0 radical (unpaired) electrons. The van der Waals surface area contributed by atoms with Gasteiger partial charge in [-0.3, -0.25) is 4.79 Å². The molecule has 27 heavy (non-hydrogen) atoms. The quantitative estimate of drug-likeness (QED) is 0.653. The Labute approximate surface area is 161 Å². The molecule has 0 aliphatic carbocycles. The normalized spacial score (nSPS) is 10.3. The maximum atomic E-state index is 13.6. The summed E-state index contributed by atoms with van der Waals surface area (Å²) in [6.07, 6.45) is 1.53. The Morgan fingerprint density at radius 1 is 1.19 bits per heavy atom. The molecule has 0 spiro atoms. The SMILES string of the molecule is COc1ccc(Cl)cc1Nc1ccc(C(=O)NCc2ccccc2F)nc1. The van der Waals surface area contributed by atoms with Gasteiger partial charge in [-0.2, -0.15) is 0 Å². The number of nitrogens with zero attached hydrogens (tertiary/aromatic N) is 1. The van der Waals surface area contributed by atoms with Crippen molar-refractivity contribution in [3.05, 3.63) is 82.9 Å². The lowest BCUT2D eigenvalue weighted by Gasteiger charge is -2.12. The smallest absolute Gasteiger partial charge is 0.270 e. The number of anilines is 2. The molecule has 0 fully saturated rings. The van der Waals surface area contributed by atoms with E-state index in [1.807, 2.05) is 0 Å². The van der Waals surface area contributed by atoms with Crippen LogP contribution in [0.4, 0.5) is 15.8 Å². The lowest BCUT2D eigenvalue weighted by molar-refractivity contribution is 0.0945. The van der Waals surface area contributed by atoms with Crippen LogP contribution in [0.2, 0.25) is 5.02 Å². The standard InChI is InChI=1S/C20H17ClFN3O2/c1-27-19-9-6-14(21)10-18(19)25-15-7-8-17(23-12-15)20(26)24-11-13-4-2-3-5-16(13)22/h2-10,12,25H,11H2,1H3,(H,24,26). The molecule has 0 atom stereocenters. The highest BCUT2D eigenvalue weighted by Gasteiger charge is 2.10. The van der Waals surface area contributed by atoms with Crippen molar-refractivity contribution in [2.75, 3.05) is 12.4 Å². The Hall–Kier alpha value is -3.12. The van der Waals surface area contributed by atoms with Crippen molar-refractivity contribution < 1.29 is 13.9 Å². The zero-order valence-corrected chi connectivity index (χ0v) is 15.3. The first-order valence-corrected chi connectivity index (χ1v) is 8.53. The van der Waals surface area contributed by atoms with Gasteiger partial charge in [0.05, 0.1) is 24.7 Å². The minimum Gasteiger partial charge on any atom is -0.495 e. The molecule has 138 valence electrons. The molecule has 0 saturated heterocycles. The molecule has 0 aliphatic heterocycles. The van der Waals surface area contributed by atoms with Crippen molar-refractivity contribution in [3.63, 3.8) is 0 Å². The molecule has 0 aliphatic rings. The highest BCUT2D eigenvalue weighted by atomic mass is 35.5. The third kappa shape index (κ3) is 4.74. The van der Waals surface area contributed by atoms with E-state index in [-0.39, 0.29) is 24.0 Å². The number of rotatable bonds is 6. The Morgan fingerprint density at radius 3 is 2.70 bits per heavy atom. The molecule has 1 amide bonds. The number of nitrogens with one attached hydrogen (secondary N) is 2. The molecule has 3 rings (SSSR count). The maximum Gasteiger partial charge on any atom is 0.270 e. The summed E-state index contributed by atoms with van der Waals surface area (Å²) in [5, 5.41) is 6.36. The van der Waals surface area contributed by atoms with Crippen LogP contribution in [0.3, 0.4) is 0 Å². The van der Waals surface area contributed by atoms with Crippen LogP contribution in [0.15, 0.2) is 60.8 Å². The van der Waals surface area contributed by atoms with Gasteiger partial charge in [-0.15, -0.1) is 0 Å². The second-order valence-electron chi connectivity index (χ2n) is 5.68. The van der Waals surface area contributed by atoms with Gasteiger partial charge in [-0.25, -0.2) is 9.37 Å². The van der Waals surface area contributed by atoms with Crippen LogP contribution in [-0.2, 0) is 6.54 Å². The molecule has 0 saturated carbocycles. The second-order valence-corrected chi connectivity index (χ2v) is 6.11. The average Bonchev–Trinajstić information content (AvgIpc) is 2.68. The minimum atomic E-state index is -0.384. The fourth-order valence-corrected chi connectivity index (χ4v) is 2.62. The highest BCUT2D eigenvalue weighted by molar-refractivity contribution is 6.31. The van der Waals surface area contributed by atoms with Crippen molar-refractivity contribution in [2.24, 2.45) is 0 Å². The molecule has 3 aromatic rings. The molecular formula is C20H17ClFN3O2. The van der Waals surface area contributed by atoms with Crippen LogP contribution in [0.1, 0.15) is 16.1 Å². The zero-order valence-electron chi connectivity index (χ0n) is 14.5. The molecule has 7 heteroatoms. The number of methoxy groups -OCH3 is 1. The Bertz CT molecular complexity index is 948. The van der Waals surface area contributed by atoms with E-state index in [2.05, 4.69) is 15.6 Å². The summed E-state index contributed by atoms with van der Waals surface area (Å²) < 4.78 is 18.9. The molecule has 2 aromatic carbocycles. The molecule has 5 nitrogen and oxygen atoms in total. The predicted molar refractivity (Wildman–Crippen MR) is 103 cm³/mol. The second kappa shape index (κ2) is 8.51. The lowest BCUT2D eigenvalue weighted by Crippen LogP contribution is -2.24. The number of pyridine rings is 1. The van der Waals surface area contributed by atoms with Crippen molar-refractivity contribution in [3.8, 4) is 5.75 Å². The monoisotopic (exact) mass is 385 g/mol. The molecule has 1 aromatic heterocycles. The molecule has 2 N–H and O–H groups in total. The minimum absolute atomic E-state index is 0.0902. The first-order valence-electron chi connectivity index (χ1n) is 8.15. The molecular weight excluding hydrogens is 369 g/mol. The van der Waals surface area contributed by atoms with Crippen LogP contribution >= 0.6 is 11.6 Å². The van der Waals surface area contributed by atoms with Gasteiger partial charge in [-0.1, -0.05) is 29.8 Å². The Balaban J connectivity index is 1.65. The van der Waals surface area contributed by atoms with Crippen molar-refractivity contribution in [2.45, 2.75) is 6.54 Å². The van der Waals surface area contributed by atoms with E-state index in [0.29, 0.717) is 27.7 Å². The zero-order chi connectivity index (χ0) is 19.2. The number of amides is 1. The fourth-order valence-electron chi connectivity index (χ4n) is 2.44. The maximum absolute atomic E-state index is 13.6. The summed E-state index contributed by atoms with van der Waals surface area (Å²) in [6, 6.07) is 14.8. The Kier molecular flexibility index (Phi) is 5.88. The lowest BCUT2D eigenvalue weighted by atomic mass is 10.2. The van der Waals surface area contributed by atoms with E-state index in [0.717, 1.165) is 0 Å². The van der Waals surface area contributed by atoms with Crippen LogP contribution in [0.25, 0.3) is 0 Å². The van der Waals surface area contributed by atoms with Crippen molar-refractivity contribution in [1.82, 2.24) is 10.3 Å². The van der Waals surface area contributed by atoms with E-state index in [1.165, 1.54) is 12.3 Å².